The summed E-state index contributed by atoms with van der Waals surface area (Å²) in [6.45, 7) is 3.14. The predicted molar refractivity (Wildman–Crippen MR) is 122 cm³/mol. The second-order valence-electron chi connectivity index (χ2n) is 7.17. The Labute approximate surface area is 173 Å². The number of rotatable bonds is 17. The van der Waals surface area contributed by atoms with E-state index in [1.807, 2.05) is 24.3 Å². The molecule has 1 rings (SSSR count). The molecule has 0 aliphatic carbocycles. The number of allylic oxidation sites excluding steroid dienone is 6. The van der Waals surface area contributed by atoms with E-state index in [-0.39, 0.29) is 6.61 Å². The highest BCUT2D eigenvalue weighted by atomic mass is 16.5. The third-order valence-corrected chi connectivity index (χ3v) is 4.61. The zero-order valence-electron chi connectivity index (χ0n) is 17.8. The molecule has 1 N–H and O–H groups in total. The Morgan fingerprint density at radius 3 is 2.25 bits per heavy atom. The van der Waals surface area contributed by atoms with Crippen LogP contribution in [-0.4, -0.2) is 18.3 Å². The molecular formula is C26H40O2. The summed E-state index contributed by atoms with van der Waals surface area (Å²) < 4.78 is 5.81. The Kier molecular flexibility index (Phi) is 16.1. The molecule has 0 amide bonds. The van der Waals surface area contributed by atoms with Gasteiger partial charge in [-0.05, 0) is 62.6 Å². The molecule has 0 spiro atoms. The second kappa shape index (κ2) is 18.6. The maximum Gasteiger partial charge on any atom is 0.119 e. The van der Waals surface area contributed by atoms with E-state index in [0.29, 0.717) is 6.42 Å². The Hall–Kier alpha value is -1.80. The Bertz CT molecular complexity index is 557. The first-order valence-corrected chi connectivity index (χ1v) is 11.1. The van der Waals surface area contributed by atoms with E-state index in [1.54, 1.807) is 0 Å². The summed E-state index contributed by atoms with van der Waals surface area (Å²) in [4.78, 5) is 0. The van der Waals surface area contributed by atoms with E-state index >= 15 is 0 Å². The summed E-state index contributed by atoms with van der Waals surface area (Å²) in [5, 5.41) is 8.99. The lowest BCUT2D eigenvalue weighted by atomic mass is 10.1. The fourth-order valence-corrected chi connectivity index (χ4v) is 3.01. The number of hydrogen-bond acceptors (Lipinski definition) is 2. The van der Waals surface area contributed by atoms with E-state index < -0.39 is 0 Å². The first kappa shape index (κ1) is 24.2. The Balaban J connectivity index is 1.89. The van der Waals surface area contributed by atoms with Gasteiger partial charge in [0.1, 0.15) is 5.75 Å². The maximum absolute atomic E-state index is 8.99. The molecule has 2 nitrogen and oxygen atoms in total. The first-order chi connectivity index (χ1) is 13.9. The van der Waals surface area contributed by atoms with Crippen LogP contribution in [0.5, 0.6) is 5.75 Å². The van der Waals surface area contributed by atoms with E-state index in [0.717, 1.165) is 43.6 Å². The van der Waals surface area contributed by atoms with Gasteiger partial charge in [-0.15, -0.1) is 0 Å². The molecule has 0 aliphatic rings. The van der Waals surface area contributed by atoms with E-state index in [9.17, 15) is 0 Å². The molecule has 0 bridgehead atoms. The highest BCUT2D eigenvalue weighted by Gasteiger charge is 1.97. The van der Waals surface area contributed by atoms with Crippen LogP contribution in [0.4, 0.5) is 0 Å². The highest BCUT2D eigenvalue weighted by molar-refractivity contribution is 5.28. The standard InChI is InChI=1S/C26H40O2/c1-2-3-4-5-6-7-8-9-10-11-12-13-14-15-16-17-23-28-26-20-18-19-25(24-26)21-22-27/h3-4,6-7,9-10,18-20,24,27H,2,5,8,11-17,21-23H2,1H3/b4-3-,7-6-,10-9-. The van der Waals surface area contributed by atoms with Crippen LogP contribution in [0.3, 0.4) is 0 Å². The maximum atomic E-state index is 8.99. The van der Waals surface area contributed by atoms with E-state index in [2.05, 4.69) is 43.4 Å². The topological polar surface area (TPSA) is 29.5 Å². The fourth-order valence-electron chi connectivity index (χ4n) is 3.01. The van der Waals surface area contributed by atoms with Crippen molar-refractivity contribution < 1.29 is 9.84 Å². The van der Waals surface area contributed by atoms with Crippen molar-refractivity contribution in [1.29, 1.82) is 0 Å². The molecule has 28 heavy (non-hydrogen) atoms. The molecule has 0 saturated carbocycles. The Morgan fingerprint density at radius 2 is 1.50 bits per heavy atom. The summed E-state index contributed by atoms with van der Waals surface area (Å²) in [6.07, 6.45) is 26.3. The largest absolute Gasteiger partial charge is 0.494 e. The van der Waals surface area contributed by atoms with Crippen LogP contribution in [-0.2, 0) is 6.42 Å². The molecule has 0 saturated heterocycles. The van der Waals surface area contributed by atoms with Crippen molar-refractivity contribution in [3.8, 4) is 5.75 Å². The number of benzene rings is 1. The van der Waals surface area contributed by atoms with Crippen LogP contribution in [0, 0.1) is 0 Å². The summed E-state index contributed by atoms with van der Waals surface area (Å²) in [7, 11) is 0. The minimum atomic E-state index is 0.188. The molecule has 1 aromatic carbocycles. The van der Waals surface area contributed by atoms with Gasteiger partial charge < -0.3 is 9.84 Å². The molecule has 0 unspecified atom stereocenters. The van der Waals surface area contributed by atoms with E-state index in [4.69, 9.17) is 9.84 Å². The SMILES string of the molecule is CC/C=C\C/C=C\C/C=C\CCCCCCCCOc1cccc(CCO)c1. The number of ether oxygens (including phenoxy) is 1. The minimum absolute atomic E-state index is 0.188. The summed E-state index contributed by atoms with van der Waals surface area (Å²) in [5.74, 6) is 0.921. The van der Waals surface area contributed by atoms with Crippen LogP contribution in [0.1, 0.15) is 76.7 Å². The van der Waals surface area contributed by atoms with Gasteiger partial charge in [-0.25, -0.2) is 0 Å². The van der Waals surface area contributed by atoms with Crippen LogP contribution in [0.15, 0.2) is 60.7 Å². The normalized spacial score (nSPS) is 11.9. The number of hydrogen-bond donors (Lipinski definition) is 1. The number of unbranched alkanes of at least 4 members (excludes halogenated alkanes) is 6. The predicted octanol–water partition coefficient (Wildman–Crippen LogP) is 7.19. The average molecular weight is 385 g/mol. The number of aliphatic hydroxyl groups excluding tert-OH is 1. The van der Waals surface area contributed by atoms with Crippen molar-refractivity contribution in [3.05, 3.63) is 66.3 Å². The van der Waals surface area contributed by atoms with Crippen LogP contribution >= 0.6 is 0 Å². The third kappa shape index (κ3) is 14.3. The molecule has 0 aromatic heterocycles. The first-order valence-electron chi connectivity index (χ1n) is 11.1. The smallest absolute Gasteiger partial charge is 0.119 e. The fraction of sp³-hybridized carbons (Fsp3) is 0.538. The van der Waals surface area contributed by atoms with Crippen LogP contribution < -0.4 is 4.74 Å². The van der Waals surface area contributed by atoms with Gasteiger partial charge in [0, 0.05) is 6.61 Å². The molecule has 0 aliphatic heterocycles. The van der Waals surface area contributed by atoms with Crippen LogP contribution in [0.25, 0.3) is 0 Å². The molecule has 1 aromatic rings. The molecule has 156 valence electrons. The zero-order valence-corrected chi connectivity index (χ0v) is 17.8. The zero-order chi connectivity index (χ0) is 20.1. The van der Waals surface area contributed by atoms with Crippen molar-refractivity contribution in [2.45, 2.75) is 77.6 Å². The molecular weight excluding hydrogens is 344 g/mol. The van der Waals surface area contributed by atoms with Gasteiger partial charge in [0.05, 0.1) is 6.61 Å². The van der Waals surface area contributed by atoms with Gasteiger partial charge in [0.2, 0.25) is 0 Å². The summed E-state index contributed by atoms with van der Waals surface area (Å²) >= 11 is 0. The molecule has 0 fully saturated rings. The highest BCUT2D eigenvalue weighted by Crippen LogP contribution is 2.15. The number of aliphatic hydroxyl groups is 1. The van der Waals surface area contributed by atoms with Crippen molar-refractivity contribution in [1.82, 2.24) is 0 Å². The second-order valence-corrected chi connectivity index (χ2v) is 7.17. The molecule has 0 radical (unpaired) electrons. The lowest BCUT2D eigenvalue weighted by Crippen LogP contribution is -1.98. The van der Waals surface area contributed by atoms with E-state index in [1.165, 1.54) is 38.5 Å². The average Bonchev–Trinajstić information content (AvgIpc) is 2.71. The van der Waals surface area contributed by atoms with Gasteiger partial charge in [-0.1, -0.05) is 81.2 Å². The van der Waals surface area contributed by atoms with Crippen LogP contribution in [0.2, 0.25) is 0 Å². The van der Waals surface area contributed by atoms with Crippen molar-refractivity contribution in [2.24, 2.45) is 0 Å². The third-order valence-electron chi connectivity index (χ3n) is 4.61. The quantitative estimate of drug-likeness (QED) is 0.227. The molecule has 0 atom stereocenters. The summed E-state index contributed by atoms with van der Waals surface area (Å²) in [6, 6.07) is 8.05. The van der Waals surface area contributed by atoms with Gasteiger partial charge in [0.25, 0.3) is 0 Å². The van der Waals surface area contributed by atoms with Gasteiger partial charge in [-0.2, -0.15) is 0 Å². The monoisotopic (exact) mass is 384 g/mol. The van der Waals surface area contributed by atoms with Gasteiger partial charge in [0.15, 0.2) is 0 Å². The van der Waals surface area contributed by atoms with Gasteiger partial charge >= 0.3 is 0 Å². The lowest BCUT2D eigenvalue weighted by molar-refractivity contribution is 0.296. The Morgan fingerprint density at radius 1 is 0.821 bits per heavy atom. The molecule has 0 heterocycles. The molecule has 2 heteroatoms. The van der Waals surface area contributed by atoms with Crippen molar-refractivity contribution in [3.63, 3.8) is 0 Å². The van der Waals surface area contributed by atoms with Crippen molar-refractivity contribution in [2.75, 3.05) is 13.2 Å². The van der Waals surface area contributed by atoms with Gasteiger partial charge in [-0.3, -0.25) is 0 Å². The summed E-state index contributed by atoms with van der Waals surface area (Å²) in [5.41, 5.74) is 1.13. The van der Waals surface area contributed by atoms with Crippen molar-refractivity contribution >= 4 is 0 Å². The minimum Gasteiger partial charge on any atom is -0.494 e. The lowest BCUT2D eigenvalue weighted by Gasteiger charge is -2.07.